The summed E-state index contributed by atoms with van der Waals surface area (Å²) >= 11 is 0. The van der Waals surface area contributed by atoms with Crippen molar-refractivity contribution in [2.24, 2.45) is 0 Å². The lowest BCUT2D eigenvalue weighted by molar-refractivity contribution is 0.184. The number of hydrogen-bond acceptors (Lipinski definition) is 3. The van der Waals surface area contributed by atoms with Gasteiger partial charge in [-0.05, 0) is 49.8 Å². The molecule has 1 aliphatic rings. The Morgan fingerprint density at radius 1 is 1.26 bits per heavy atom. The first-order valence-electron chi connectivity index (χ1n) is 8.12. The third-order valence-electron chi connectivity index (χ3n) is 4.61. The summed E-state index contributed by atoms with van der Waals surface area (Å²) in [6.07, 6.45) is 3.57. The number of aromatic nitrogens is 2. The number of imidazole rings is 1. The molecule has 0 bridgehead atoms. The highest BCUT2D eigenvalue weighted by Gasteiger charge is 2.18. The molecule has 1 heterocycles. The molecule has 0 saturated carbocycles. The molecule has 23 heavy (non-hydrogen) atoms. The fourth-order valence-corrected chi connectivity index (χ4v) is 4.50. The Kier molecular flexibility index (Phi) is 4.97. The van der Waals surface area contributed by atoms with Crippen molar-refractivity contribution >= 4 is 10.8 Å². The standard InChI is InChI=1S/C18H24N2O2S/c1-13-14(2)20(9-10-22-3)18(19-13)23(21)12-15-7-8-16-5-4-6-17(16)11-15/h7-8,11H,4-6,9-10,12H2,1-3H3/t23-/m0/s1. The Labute approximate surface area is 140 Å². The van der Waals surface area contributed by atoms with E-state index in [1.807, 2.05) is 18.4 Å². The van der Waals surface area contributed by atoms with E-state index in [4.69, 9.17) is 4.74 Å². The molecular formula is C18H24N2O2S. The Balaban J connectivity index is 1.82. The molecule has 0 aliphatic heterocycles. The van der Waals surface area contributed by atoms with Crippen molar-refractivity contribution < 1.29 is 8.95 Å². The molecule has 1 aromatic heterocycles. The van der Waals surface area contributed by atoms with Crippen LogP contribution in [0.1, 0.15) is 34.5 Å². The third kappa shape index (κ3) is 3.40. The Morgan fingerprint density at radius 3 is 2.83 bits per heavy atom. The summed E-state index contributed by atoms with van der Waals surface area (Å²) < 4.78 is 20.0. The largest absolute Gasteiger partial charge is 0.383 e. The normalized spacial score (nSPS) is 14.9. The Morgan fingerprint density at radius 2 is 2.04 bits per heavy atom. The van der Waals surface area contributed by atoms with Gasteiger partial charge in [0.1, 0.15) is 0 Å². The molecule has 0 amide bonds. The van der Waals surface area contributed by atoms with Crippen LogP contribution in [0, 0.1) is 13.8 Å². The van der Waals surface area contributed by atoms with Crippen LogP contribution in [0.2, 0.25) is 0 Å². The zero-order valence-corrected chi connectivity index (χ0v) is 14.9. The van der Waals surface area contributed by atoms with E-state index >= 15 is 0 Å². The van der Waals surface area contributed by atoms with Crippen molar-refractivity contribution in [1.29, 1.82) is 0 Å². The van der Waals surface area contributed by atoms with E-state index in [2.05, 4.69) is 23.2 Å². The smallest absolute Gasteiger partial charge is 0.199 e. The average Bonchev–Trinajstić information content (AvgIpc) is 3.11. The predicted molar refractivity (Wildman–Crippen MR) is 92.2 cm³/mol. The second kappa shape index (κ2) is 6.97. The number of methoxy groups -OCH3 is 1. The van der Waals surface area contributed by atoms with Crippen molar-refractivity contribution in [3.63, 3.8) is 0 Å². The monoisotopic (exact) mass is 332 g/mol. The highest BCUT2D eigenvalue weighted by molar-refractivity contribution is 7.84. The molecule has 3 rings (SSSR count). The molecule has 0 radical (unpaired) electrons. The lowest BCUT2D eigenvalue weighted by Gasteiger charge is -2.10. The molecule has 2 aromatic rings. The van der Waals surface area contributed by atoms with E-state index in [-0.39, 0.29) is 0 Å². The van der Waals surface area contributed by atoms with Crippen LogP contribution in [0.25, 0.3) is 0 Å². The minimum absolute atomic E-state index is 0.524. The van der Waals surface area contributed by atoms with Gasteiger partial charge in [-0.1, -0.05) is 18.2 Å². The summed E-state index contributed by atoms with van der Waals surface area (Å²) in [5.41, 5.74) is 6.03. The SMILES string of the molecule is COCCn1c([S@@](=O)Cc2ccc3c(c2)CCC3)nc(C)c1C. The summed E-state index contributed by atoms with van der Waals surface area (Å²) in [6.45, 7) is 5.27. The molecule has 0 spiro atoms. The molecule has 0 N–H and O–H groups in total. The van der Waals surface area contributed by atoms with E-state index in [1.165, 1.54) is 24.0 Å². The topological polar surface area (TPSA) is 44.1 Å². The lowest BCUT2D eigenvalue weighted by atomic mass is 10.1. The molecule has 0 saturated heterocycles. The molecule has 1 atom stereocenters. The molecule has 124 valence electrons. The fourth-order valence-electron chi connectivity index (χ4n) is 3.17. The summed E-state index contributed by atoms with van der Waals surface area (Å²) in [7, 11) is 0.542. The number of rotatable bonds is 6. The quantitative estimate of drug-likeness (QED) is 0.817. The summed E-state index contributed by atoms with van der Waals surface area (Å²) in [5.74, 6) is 0.524. The van der Waals surface area contributed by atoms with Crippen LogP contribution in [0.5, 0.6) is 0 Å². The van der Waals surface area contributed by atoms with Gasteiger partial charge < -0.3 is 9.30 Å². The zero-order valence-electron chi connectivity index (χ0n) is 14.1. The van der Waals surface area contributed by atoms with Gasteiger partial charge in [-0.3, -0.25) is 4.21 Å². The van der Waals surface area contributed by atoms with E-state index in [1.54, 1.807) is 7.11 Å². The Hall–Kier alpha value is -1.46. The molecule has 0 unspecified atom stereocenters. The highest BCUT2D eigenvalue weighted by atomic mass is 32.2. The van der Waals surface area contributed by atoms with Crippen molar-refractivity contribution in [3.8, 4) is 0 Å². The number of benzene rings is 1. The summed E-state index contributed by atoms with van der Waals surface area (Å²) in [4.78, 5) is 4.54. The van der Waals surface area contributed by atoms with E-state index < -0.39 is 10.8 Å². The molecule has 4 nitrogen and oxygen atoms in total. The first-order valence-corrected chi connectivity index (χ1v) is 9.43. The van der Waals surface area contributed by atoms with Crippen LogP contribution < -0.4 is 0 Å². The number of hydrogen-bond donors (Lipinski definition) is 0. The first-order chi connectivity index (χ1) is 11.1. The molecule has 0 fully saturated rings. The van der Waals surface area contributed by atoms with Crippen LogP contribution >= 0.6 is 0 Å². The number of aryl methyl sites for hydroxylation is 3. The second-order valence-electron chi connectivity index (χ2n) is 6.16. The zero-order chi connectivity index (χ0) is 16.4. The number of fused-ring (bicyclic) bond motifs is 1. The minimum atomic E-state index is -1.14. The van der Waals surface area contributed by atoms with Crippen molar-refractivity contribution in [2.45, 2.75) is 50.6 Å². The van der Waals surface area contributed by atoms with Crippen molar-refractivity contribution in [3.05, 3.63) is 46.3 Å². The lowest BCUT2D eigenvalue weighted by Crippen LogP contribution is -2.12. The average molecular weight is 332 g/mol. The van der Waals surface area contributed by atoms with E-state index in [9.17, 15) is 4.21 Å². The van der Waals surface area contributed by atoms with Gasteiger partial charge >= 0.3 is 0 Å². The van der Waals surface area contributed by atoms with Gasteiger partial charge in [0, 0.05) is 19.3 Å². The molecular weight excluding hydrogens is 308 g/mol. The van der Waals surface area contributed by atoms with Crippen molar-refractivity contribution in [2.75, 3.05) is 13.7 Å². The van der Waals surface area contributed by atoms with Gasteiger partial charge in [-0.15, -0.1) is 0 Å². The maximum absolute atomic E-state index is 12.9. The van der Waals surface area contributed by atoms with Gasteiger partial charge in [-0.25, -0.2) is 4.98 Å². The van der Waals surface area contributed by atoms with Crippen LogP contribution in [0.3, 0.4) is 0 Å². The highest BCUT2D eigenvalue weighted by Crippen LogP contribution is 2.24. The number of nitrogens with zero attached hydrogens (tertiary/aromatic N) is 2. The van der Waals surface area contributed by atoms with Gasteiger partial charge in [0.15, 0.2) is 5.16 Å². The molecule has 5 heteroatoms. The number of ether oxygens (including phenoxy) is 1. The van der Waals surface area contributed by atoms with Crippen LogP contribution in [-0.2, 0) is 40.7 Å². The predicted octanol–water partition coefficient (Wildman–Crippen LogP) is 2.94. The van der Waals surface area contributed by atoms with E-state index in [0.29, 0.717) is 24.1 Å². The van der Waals surface area contributed by atoms with Crippen molar-refractivity contribution in [1.82, 2.24) is 9.55 Å². The molecule has 1 aromatic carbocycles. The maximum Gasteiger partial charge on any atom is 0.199 e. The Bertz CT molecular complexity index is 737. The van der Waals surface area contributed by atoms with Crippen LogP contribution in [0.15, 0.2) is 23.4 Å². The first kappa shape index (κ1) is 16.4. The third-order valence-corrected chi connectivity index (χ3v) is 5.92. The minimum Gasteiger partial charge on any atom is -0.383 e. The molecule has 1 aliphatic carbocycles. The fraction of sp³-hybridized carbons (Fsp3) is 0.500. The van der Waals surface area contributed by atoms with Crippen LogP contribution in [-0.4, -0.2) is 27.5 Å². The van der Waals surface area contributed by atoms with Gasteiger partial charge in [-0.2, -0.15) is 0 Å². The van der Waals surface area contributed by atoms with E-state index in [0.717, 1.165) is 23.4 Å². The van der Waals surface area contributed by atoms with Gasteiger partial charge in [0.25, 0.3) is 0 Å². The van der Waals surface area contributed by atoms with Gasteiger partial charge in [0.05, 0.1) is 28.9 Å². The van der Waals surface area contributed by atoms with Gasteiger partial charge in [0.2, 0.25) is 0 Å². The summed E-state index contributed by atoms with van der Waals surface area (Å²) in [6, 6.07) is 6.54. The maximum atomic E-state index is 12.9. The summed E-state index contributed by atoms with van der Waals surface area (Å²) in [5, 5.41) is 0.664. The second-order valence-corrected chi connectivity index (χ2v) is 7.50. The van der Waals surface area contributed by atoms with Crippen LogP contribution in [0.4, 0.5) is 0 Å².